The Morgan fingerprint density at radius 3 is 2.55 bits per heavy atom. The van der Waals surface area contributed by atoms with E-state index in [9.17, 15) is 19.5 Å². The second-order valence-corrected chi connectivity index (χ2v) is 8.23. The standard InChI is InChI=1S/C20H36N4O5/c1-7-9-12-23(8-2)14-16(22(6)19(28)29-20(3,4)5)17(25)24-13-10-11-15(21-24)18(26)27/h7,15-16,21H,1,8-14H2,2-6H3,(H,26,27)/t15-,16-/m0/s1. The molecule has 1 fully saturated rings. The molecule has 0 radical (unpaired) electrons. The maximum Gasteiger partial charge on any atom is 0.410 e. The Kier molecular flexibility index (Phi) is 9.58. The molecule has 0 unspecified atom stereocenters. The Balaban J connectivity index is 3.04. The van der Waals surface area contributed by atoms with E-state index in [2.05, 4.69) is 16.9 Å². The summed E-state index contributed by atoms with van der Waals surface area (Å²) in [4.78, 5) is 40.6. The molecule has 166 valence electrons. The molecule has 1 heterocycles. The number of rotatable bonds is 9. The van der Waals surface area contributed by atoms with Gasteiger partial charge in [0.25, 0.3) is 5.91 Å². The normalized spacial score (nSPS) is 18.3. The summed E-state index contributed by atoms with van der Waals surface area (Å²) in [7, 11) is 1.54. The number of carbonyl (C=O) groups excluding carboxylic acids is 2. The van der Waals surface area contributed by atoms with E-state index in [1.165, 1.54) is 17.0 Å². The molecule has 9 nitrogen and oxygen atoms in total. The highest BCUT2D eigenvalue weighted by Crippen LogP contribution is 2.15. The molecule has 0 bridgehead atoms. The van der Waals surface area contributed by atoms with E-state index in [0.717, 1.165) is 6.42 Å². The lowest BCUT2D eigenvalue weighted by atomic mass is 10.1. The number of hydrogen-bond donors (Lipinski definition) is 2. The number of hydrazine groups is 1. The zero-order valence-corrected chi connectivity index (χ0v) is 18.3. The quantitative estimate of drug-likeness (QED) is 0.556. The van der Waals surface area contributed by atoms with E-state index < -0.39 is 29.7 Å². The SMILES string of the molecule is C=CCCN(CC)C[C@@H](C(=O)N1CCC[C@@H](C(=O)O)N1)N(C)C(=O)OC(C)(C)C. The van der Waals surface area contributed by atoms with Crippen LogP contribution in [0, 0.1) is 0 Å². The zero-order chi connectivity index (χ0) is 22.2. The molecule has 2 amide bonds. The average molecular weight is 413 g/mol. The third kappa shape index (κ3) is 8.02. The van der Waals surface area contributed by atoms with Gasteiger partial charge in [-0.3, -0.25) is 19.5 Å². The summed E-state index contributed by atoms with van der Waals surface area (Å²) >= 11 is 0. The van der Waals surface area contributed by atoms with Crippen molar-refractivity contribution in [2.75, 3.05) is 33.2 Å². The van der Waals surface area contributed by atoms with E-state index in [1.54, 1.807) is 26.8 Å². The fourth-order valence-electron chi connectivity index (χ4n) is 3.03. The van der Waals surface area contributed by atoms with Gasteiger partial charge in [0.05, 0.1) is 0 Å². The van der Waals surface area contributed by atoms with Crippen molar-refractivity contribution in [3.05, 3.63) is 12.7 Å². The predicted molar refractivity (Wildman–Crippen MR) is 110 cm³/mol. The smallest absolute Gasteiger partial charge is 0.410 e. The molecular weight excluding hydrogens is 376 g/mol. The topological polar surface area (TPSA) is 102 Å². The summed E-state index contributed by atoms with van der Waals surface area (Å²) in [5.74, 6) is -1.35. The van der Waals surface area contributed by atoms with Crippen LogP contribution < -0.4 is 5.43 Å². The molecule has 1 rings (SSSR count). The fourth-order valence-corrected chi connectivity index (χ4v) is 3.03. The molecule has 1 saturated heterocycles. The number of amides is 2. The lowest BCUT2D eigenvalue weighted by Crippen LogP contribution is -2.62. The van der Waals surface area contributed by atoms with E-state index in [-0.39, 0.29) is 5.91 Å². The van der Waals surface area contributed by atoms with E-state index in [4.69, 9.17) is 4.74 Å². The maximum atomic E-state index is 13.3. The van der Waals surface area contributed by atoms with Gasteiger partial charge < -0.3 is 14.7 Å². The molecule has 0 aromatic carbocycles. The van der Waals surface area contributed by atoms with Gasteiger partial charge in [-0.1, -0.05) is 13.0 Å². The number of likely N-dealkylation sites (N-methyl/N-ethyl adjacent to an activating group) is 2. The van der Waals surface area contributed by atoms with Crippen LogP contribution in [0.5, 0.6) is 0 Å². The van der Waals surface area contributed by atoms with Gasteiger partial charge >= 0.3 is 12.1 Å². The first-order valence-electron chi connectivity index (χ1n) is 10.1. The molecule has 1 aliphatic rings. The summed E-state index contributed by atoms with van der Waals surface area (Å²) in [5, 5.41) is 10.6. The Bertz CT molecular complexity index is 590. The molecule has 0 saturated carbocycles. The number of nitrogens with zero attached hydrogens (tertiary/aromatic N) is 3. The lowest BCUT2D eigenvalue weighted by molar-refractivity contribution is -0.149. The number of hydrogen-bond acceptors (Lipinski definition) is 6. The number of carboxylic acids is 1. The second-order valence-electron chi connectivity index (χ2n) is 8.23. The van der Waals surface area contributed by atoms with Crippen molar-refractivity contribution in [2.24, 2.45) is 0 Å². The minimum Gasteiger partial charge on any atom is -0.480 e. The molecule has 0 aliphatic carbocycles. The third-order valence-electron chi connectivity index (χ3n) is 4.71. The van der Waals surface area contributed by atoms with Gasteiger partial charge in [-0.2, -0.15) is 0 Å². The van der Waals surface area contributed by atoms with Crippen LogP contribution in [0.2, 0.25) is 0 Å². The van der Waals surface area contributed by atoms with Crippen LogP contribution in [0.25, 0.3) is 0 Å². The van der Waals surface area contributed by atoms with Crippen molar-refractivity contribution in [2.45, 2.75) is 64.6 Å². The second kappa shape index (κ2) is 11.2. The Morgan fingerprint density at radius 2 is 2.03 bits per heavy atom. The van der Waals surface area contributed by atoms with Crippen molar-refractivity contribution in [3.63, 3.8) is 0 Å². The average Bonchev–Trinajstić information content (AvgIpc) is 2.66. The van der Waals surface area contributed by atoms with Gasteiger partial charge in [-0.25, -0.2) is 10.2 Å². The Labute approximate surface area is 173 Å². The van der Waals surface area contributed by atoms with E-state index in [1.807, 2.05) is 6.92 Å². The molecular formula is C20H36N4O5. The first-order chi connectivity index (χ1) is 13.5. The number of carboxylic acid groups (broad SMARTS) is 1. The van der Waals surface area contributed by atoms with E-state index >= 15 is 0 Å². The zero-order valence-electron chi connectivity index (χ0n) is 18.3. The van der Waals surface area contributed by atoms with Crippen molar-refractivity contribution in [1.82, 2.24) is 20.2 Å². The first kappa shape index (κ1) is 24.9. The molecule has 29 heavy (non-hydrogen) atoms. The first-order valence-corrected chi connectivity index (χ1v) is 10.1. The predicted octanol–water partition coefficient (Wildman–Crippen LogP) is 1.70. The van der Waals surface area contributed by atoms with Crippen LogP contribution in [0.1, 0.15) is 47.0 Å². The van der Waals surface area contributed by atoms with Crippen molar-refractivity contribution >= 4 is 18.0 Å². The van der Waals surface area contributed by atoms with Crippen molar-refractivity contribution in [3.8, 4) is 0 Å². The number of nitrogens with one attached hydrogen (secondary N) is 1. The summed E-state index contributed by atoms with van der Waals surface area (Å²) in [6, 6.07) is -1.63. The number of aliphatic carboxylic acids is 1. The molecule has 2 N–H and O–H groups in total. The maximum absolute atomic E-state index is 13.3. The van der Waals surface area contributed by atoms with Gasteiger partial charge in [-0.05, 0) is 46.6 Å². The number of ether oxygens (including phenoxy) is 1. The highest BCUT2D eigenvalue weighted by atomic mass is 16.6. The monoisotopic (exact) mass is 412 g/mol. The molecule has 1 aliphatic heterocycles. The van der Waals surface area contributed by atoms with Crippen molar-refractivity contribution < 1.29 is 24.2 Å². The van der Waals surface area contributed by atoms with Crippen LogP contribution in [-0.4, -0.2) is 88.8 Å². The van der Waals surface area contributed by atoms with Crippen LogP contribution in [0.4, 0.5) is 4.79 Å². The van der Waals surface area contributed by atoms with Gasteiger partial charge in [-0.15, -0.1) is 6.58 Å². The molecule has 0 aromatic rings. The highest BCUT2D eigenvalue weighted by Gasteiger charge is 2.37. The molecule has 0 spiro atoms. The highest BCUT2D eigenvalue weighted by molar-refractivity contribution is 5.86. The fraction of sp³-hybridized carbons (Fsp3) is 0.750. The summed E-state index contributed by atoms with van der Waals surface area (Å²) in [6.45, 7) is 13.1. The van der Waals surface area contributed by atoms with Crippen LogP contribution in [0.15, 0.2) is 12.7 Å². The molecule has 9 heteroatoms. The van der Waals surface area contributed by atoms with Crippen molar-refractivity contribution in [1.29, 1.82) is 0 Å². The minimum atomic E-state index is -0.999. The van der Waals surface area contributed by atoms with E-state index in [0.29, 0.717) is 39.0 Å². The molecule has 0 aromatic heterocycles. The van der Waals surface area contributed by atoms with Gasteiger partial charge in [0.2, 0.25) is 0 Å². The van der Waals surface area contributed by atoms with Crippen LogP contribution >= 0.6 is 0 Å². The minimum absolute atomic E-state index is 0.314. The Morgan fingerprint density at radius 1 is 1.38 bits per heavy atom. The largest absolute Gasteiger partial charge is 0.480 e. The summed E-state index contributed by atoms with van der Waals surface area (Å²) in [6.07, 6.45) is 3.00. The summed E-state index contributed by atoms with van der Waals surface area (Å²) < 4.78 is 5.44. The van der Waals surface area contributed by atoms with Gasteiger partial charge in [0.15, 0.2) is 0 Å². The van der Waals surface area contributed by atoms with Gasteiger partial charge in [0, 0.05) is 26.7 Å². The Hall–Kier alpha value is -2.13. The van der Waals surface area contributed by atoms with Gasteiger partial charge in [0.1, 0.15) is 17.7 Å². The van der Waals surface area contributed by atoms with Crippen LogP contribution in [-0.2, 0) is 14.3 Å². The summed E-state index contributed by atoms with van der Waals surface area (Å²) in [5.41, 5.74) is 2.09. The lowest BCUT2D eigenvalue weighted by Gasteiger charge is -2.38. The van der Waals surface area contributed by atoms with Crippen LogP contribution in [0.3, 0.4) is 0 Å². The number of carbonyl (C=O) groups is 3. The molecule has 2 atom stereocenters. The third-order valence-corrected chi connectivity index (χ3v) is 4.71.